The van der Waals surface area contributed by atoms with E-state index in [2.05, 4.69) is 34.3 Å². The maximum absolute atomic E-state index is 5.78. The number of hydrogen-bond donors (Lipinski definition) is 1. The number of aryl methyl sites for hydroxylation is 3. The summed E-state index contributed by atoms with van der Waals surface area (Å²) in [7, 11) is 1.94. The Hall–Kier alpha value is -1.55. The summed E-state index contributed by atoms with van der Waals surface area (Å²) in [6.45, 7) is 3.03. The standard InChI is InChI=1S/C13H20N4/c1-11(14)7-12-3-5-17(10-12)6-4-13-8-15-16(2)9-13/h3,5,8-11H,4,6-7,14H2,1-2H3. The van der Waals surface area contributed by atoms with Crippen molar-refractivity contribution in [3.8, 4) is 0 Å². The minimum atomic E-state index is 0.226. The normalized spacial score (nSPS) is 12.9. The van der Waals surface area contributed by atoms with Gasteiger partial charge in [-0.15, -0.1) is 0 Å². The van der Waals surface area contributed by atoms with Crippen LogP contribution in [0.25, 0.3) is 0 Å². The maximum Gasteiger partial charge on any atom is 0.0522 e. The van der Waals surface area contributed by atoms with Crippen LogP contribution in [0.4, 0.5) is 0 Å². The van der Waals surface area contributed by atoms with Gasteiger partial charge in [-0.25, -0.2) is 0 Å². The van der Waals surface area contributed by atoms with Gasteiger partial charge in [0.05, 0.1) is 6.20 Å². The van der Waals surface area contributed by atoms with Crippen LogP contribution >= 0.6 is 0 Å². The molecule has 17 heavy (non-hydrogen) atoms. The molecule has 1 atom stereocenters. The SMILES string of the molecule is CC(N)Cc1ccn(CCc2cnn(C)c2)c1. The van der Waals surface area contributed by atoms with E-state index in [-0.39, 0.29) is 6.04 Å². The van der Waals surface area contributed by atoms with Crippen LogP contribution in [0.2, 0.25) is 0 Å². The van der Waals surface area contributed by atoms with Crippen molar-refractivity contribution in [3.63, 3.8) is 0 Å². The van der Waals surface area contributed by atoms with Gasteiger partial charge in [0.1, 0.15) is 0 Å². The number of hydrogen-bond acceptors (Lipinski definition) is 2. The molecule has 0 saturated heterocycles. The number of rotatable bonds is 5. The van der Waals surface area contributed by atoms with Crippen LogP contribution in [0, 0.1) is 0 Å². The summed E-state index contributed by atoms with van der Waals surface area (Å²) in [6.07, 6.45) is 10.2. The van der Waals surface area contributed by atoms with Gasteiger partial charge in [0.25, 0.3) is 0 Å². The lowest BCUT2D eigenvalue weighted by molar-refractivity contribution is 0.690. The fourth-order valence-electron chi connectivity index (χ4n) is 1.98. The quantitative estimate of drug-likeness (QED) is 0.846. The molecule has 4 heteroatoms. The molecule has 92 valence electrons. The van der Waals surface area contributed by atoms with E-state index in [1.807, 2.05) is 24.9 Å². The second-order valence-electron chi connectivity index (χ2n) is 4.71. The molecule has 0 aliphatic heterocycles. The Balaban J connectivity index is 1.89. The first-order valence-electron chi connectivity index (χ1n) is 6.01. The minimum absolute atomic E-state index is 0.226. The third-order valence-electron chi connectivity index (χ3n) is 2.79. The average Bonchev–Trinajstić information content (AvgIpc) is 2.84. The molecule has 2 aromatic rings. The third kappa shape index (κ3) is 3.46. The Morgan fingerprint density at radius 2 is 2.18 bits per heavy atom. The lowest BCUT2D eigenvalue weighted by atomic mass is 10.1. The minimum Gasteiger partial charge on any atom is -0.354 e. The van der Waals surface area contributed by atoms with E-state index in [1.165, 1.54) is 11.1 Å². The molecule has 1 unspecified atom stereocenters. The van der Waals surface area contributed by atoms with Gasteiger partial charge in [-0.05, 0) is 37.0 Å². The van der Waals surface area contributed by atoms with E-state index in [9.17, 15) is 0 Å². The molecule has 0 fully saturated rings. The van der Waals surface area contributed by atoms with Gasteiger partial charge < -0.3 is 10.3 Å². The summed E-state index contributed by atoms with van der Waals surface area (Å²) in [5, 5.41) is 4.16. The lowest BCUT2D eigenvalue weighted by Crippen LogP contribution is -2.17. The van der Waals surface area contributed by atoms with E-state index >= 15 is 0 Å². The van der Waals surface area contributed by atoms with Gasteiger partial charge >= 0.3 is 0 Å². The van der Waals surface area contributed by atoms with Gasteiger partial charge in [0, 0.05) is 38.2 Å². The summed E-state index contributed by atoms with van der Waals surface area (Å²) in [5.74, 6) is 0. The van der Waals surface area contributed by atoms with Gasteiger partial charge in [-0.1, -0.05) is 0 Å². The van der Waals surface area contributed by atoms with Crippen molar-refractivity contribution in [2.75, 3.05) is 0 Å². The van der Waals surface area contributed by atoms with Crippen molar-refractivity contribution in [1.82, 2.24) is 14.3 Å². The highest BCUT2D eigenvalue weighted by molar-refractivity contribution is 5.12. The van der Waals surface area contributed by atoms with Crippen molar-refractivity contribution in [2.45, 2.75) is 32.4 Å². The lowest BCUT2D eigenvalue weighted by Gasteiger charge is -2.02. The van der Waals surface area contributed by atoms with Crippen LogP contribution in [0.5, 0.6) is 0 Å². The predicted molar refractivity (Wildman–Crippen MR) is 68.7 cm³/mol. The first-order valence-corrected chi connectivity index (χ1v) is 6.01. The van der Waals surface area contributed by atoms with Crippen LogP contribution in [0.15, 0.2) is 30.9 Å². The molecule has 0 amide bonds. The van der Waals surface area contributed by atoms with Crippen molar-refractivity contribution >= 4 is 0 Å². The van der Waals surface area contributed by atoms with Crippen molar-refractivity contribution in [1.29, 1.82) is 0 Å². The Kier molecular flexibility index (Phi) is 3.64. The number of nitrogens with two attached hydrogens (primary N) is 1. The smallest absolute Gasteiger partial charge is 0.0522 e. The second-order valence-corrected chi connectivity index (χ2v) is 4.71. The Morgan fingerprint density at radius 1 is 1.35 bits per heavy atom. The van der Waals surface area contributed by atoms with Gasteiger partial charge in [-0.3, -0.25) is 4.68 Å². The van der Waals surface area contributed by atoms with Crippen LogP contribution in [-0.2, 0) is 26.4 Å². The molecule has 0 aliphatic carbocycles. The Labute approximate surface area is 102 Å². The Bertz CT molecular complexity index is 467. The first-order chi connectivity index (χ1) is 8.13. The monoisotopic (exact) mass is 232 g/mol. The zero-order valence-electron chi connectivity index (χ0n) is 10.5. The van der Waals surface area contributed by atoms with Crippen LogP contribution < -0.4 is 5.73 Å². The van der Waals surface area contributed by atoms with Crippen LogP contribution in [0.3, 0.4) is 0 Å². The zero-order valence-corrected chi connectivity index (χ0v) is 10.5. The molecular weight excluding hydrogens is 212 g/mol. The molecule has 0 bridgehead atoms. The van der Waals surface area contributed by atoms with Crippen LogP contribution in [0.1, 0.15) is 18.1 Å². The summed E-state index contributed by atoms with van der Waals surface area (Å²) >= 11 is 0. The highest BCUT2D eigenvalue weighted by Gasteiger charge is 2.01. The van der Waals surface area contributed by atoms with E-state index in [0.717, 1.165) is 19.4 Å². The Morgan fingerprint density at radius 3 is 2.82 bits per heavy atom. The zero-order chi connectivity index (χ0) is 12.3. The maximum atomic E-state index is 5.78. The average molecular weight is 232 g/mol. The van der Waals surface area contributed by atoms with Gasteiger partial charge in [0.2, 0.25) is 0 Å². The first kappa shape index (κ1) is 11.9. The number of nitrogens with zero attached hydrogens (tertiary/aromatic N) is 3. The molecule has 2 rings (SSSR count). The molecule has 0 spiro atoms. The van der Waals surface area contributed by atoms with Crippen LogP contribution in [-0.4, -0.2) is 20.4 Å². The molecule has 2 N–H and O–H groups in total. The molecule has 0 radical (unpaired) electrons. The van der Waals surface area contributed by atoms with Crippen molar-refractivity contribution in [2.24, 2.45) is 12.8 Å². The topological polar surface area (TPSA) is 48.8 Å². The van der Waals surface area contributed by atoms with E-state index in [1.54, 1.807) is 0 Å². The summed E-state index contributed by atoms with van der Waals surface area (Å²) in [5.41, 5.74) is 8.37. The summed E-state index contributed by atoms with van der Waals surface area (Å²) in [4.78, 5) is 0. The van der Waals surface area contributed by atoms with Crippen molar-refractivity contribution < 1.29 is 0 Å². The molecule has 2 heterocycles. The fourth-order valence-corrected chi connectivity index (χ4v) is 1.98. The summed E-state index contributed by atoms with van der Waals surface area (Å²) < 4.78 is 4.05. The predicted octanol–water partition coefficient (Wildman–Crippen LogP) is 1.35. The molecule has 4 nitrogen and oxygen atoms in total. The molecule has 2 aromatic heterocycles. The number of aromatic nitrogens is 3. The molecule has 0 aromatic carbocycles. The third-order valence-corrected chi connectivity index (χ3v) is 2.79. The highest BCUT2D eigenvalue weighted by atomic mass is 15.2. The van der Waals surface area contributed by atoms with Gasteiger partial charge in [-0.2, -0.15) is 5.10 Å². The molecule has 0 aliphatic rings. The van der Waals surface area contributed by atoms with Gasteiger partial charge in [0.15, 0.2) is 0 Å². The van der Waals surface area contributed by atoms with Crippen molar-refractivity contribution in [3.05, 3.63) is 42.0 Å². The highest BCUT2D eigenvalue weighted by Crippen LogP contribution is 2.06. The fraction of sp³-hybridized carbons (Fsp3) is 0.462. The second kappa shape index (κ2) is 5.19. The van der Waals surface area contributed by atoms with E-state index in [0.29, 0.717) is 0 Å². The van der Waals surface area contributed by atoms with E-state index < -0.39 is 0 Å². The molecule has 0 saturated carbocycles. The summed E-state index contributed by atoms with van der Waals surface area (Å²) in [6, 6.07) is 2.37. The van der Waals surface area contributed by atoms with E-state index in [4.69, 9.17) is 5.73 Å². The molecular formula is C13H20N4. The largest absolute Gasteiger partial charge is 0.354 e.